The van der Waals surface area contributed by atoms with E-state index in [0.29, 0.717) is 5.56 Å². The van der Waals surface area contributed by atoms with Crippen molar-refractivity contribution in [3.05, 3.63) is 29.8 Å². The van der Waals surface area contributed by atoms with E-state index in [-0.39, 0.29) is 11.9 Å². The highest BCUT2D eigenvalue weighted by atomic mass is 16.1. The Morgan fingerprint density at radius 2 is 1.95 bits per heavy atom. The summed E-state index contributed by atoms with van der Waals surface area (Å²) in [5.41, 5.74) is 6.81. The number of rotatable bonds is 3. The second-order valence-corrected chi connectivity index (χ2v) is 4.99. The summed E-state index contributed by atoms with van der Waals surface area (Å²) in [5.74, 6) is 4.43. The van der Waals surface area contributed by atoms with E-state index in [1.54, 1.807) is 19.1 Å². The van der Waals surface area contributed by atoms with Crippen LogP contribution in [-0.2, 0) is 4.79 Å². The molecule has 21 heavy (non-hydrogen) atoms. The third kappa shape index (κ3) is 3.76. The molecule has 1 aliphatic rings. The smallest absolute Gasteiger partial charge is 0.296 e. The first-order valence-electron chi connectivity index (χ1n) is 6.99. The molecule has 110 valence electrons. The molecule has 2 rings (SSSR count). The number of nitrogens with two attached hydrogens (primary N) is 1. The number of carbonyl (C=O) groups excluding carboxylic acids is 2. The summed E-state index contributed by atoms with van der Waals surface area (Å²) in [5, 5.41) is 2.90. The van der Waals surface area contributed by atoms with Crippen LogP contribution in [0.1, 0.15) is 30.1 Å². The second-order valence-electron chi connectivity index (χ2n) is 4.99. The molecular formula is C16H19N3O2. The fraction of sp³-hybridized carbons (Fsp3) is 0.375. The van der Waals surface area contributed by atoms with Gasteiger partial charge in [-0.1, -0.05) is 18.1 Å². The van der Waals surface area contributed by atoms with Crippen LogP contribution in [0.25, 0.3) is 0 Å². The van der Waals surface area contributed by atoms with E-state index in [9.17, 15) is 9.59 Å². The van der Waals surface area contributed by atoms with Crippen LogP contribution in [0.15, 0.2) is 24.3 Å². The average Bonchev–Trinajstić information content (AvgIpc) is 2.48. The fourth-order valence-electron chi connectivity index (χ4n) is 2.56. The minimum Gasteiger partial charge on any atom is -0.371 e. The number of nitrogens with zero attached hydrogens (tertiary/aromatic N) is 1. The van der Waals surface area contributed by atoms with E-state index in [1.807, 2.05) is 12.1 Å². The van der Waals surface area contributed by atoms with E-state index >= 15 is 0 Å². The molecule has 1 aromatic carbocycles. The number of carbonyl (C=O) groups is 2. The van der Waals surface area contributed by atoms with E-state index in [0.717, 1.165) is 31.6 Å². The lowest BCUT2D eigenvalue weighted by Gasteiger charge is -2.34. The van der Waals surface area contributed by atoms with Crippen molar-refractivity contribution in [1.29, 1.82) is 0 Å². The van der Waals surface area contributed by atoms with Crippen LogP contribution in [0.3, 0.4) is 0 Å². The molecule has 0 aliphatic carbocycles. The van der Waals surface area contributed by atoms with E-state index in [2.05, 4.69) is 22.1 Å². The van der Waals surface area contributed by atoms with Crippen molar-refractivity contribution in [2.45, 2.75) is 25.8 Å². The number of benzene rings is 1. The van der Waals surface area contributed by atoms with Crippen LogP contribution in [0.4, 0.5) is 5.69 Å². The molecule has 0 aromatic heterocycles. The molecule has 0 radical (unpaired) electrons. The molecule has 0 spiro atoms. The fourth-order valence-corrected chi connectivity index (χ4v) is 2.56. The van der Waals surface area contributed by atoms with Crippen molar-refractivity contribution in [1.82, 2.24) is 5.32 Å². The number of hydrogen-bond donors (Lipinski definition) is 2. The van der Waals surface area contributed by atoms with Gasteiger partial charge in [0.1, 0.15) is 0 Å². The quantitative estimate of drug-likeness (QED) is 0.810. The third-order valence-electron chi connectivity index (χ3n) is 3.58. The maximum absolute atomic E-state index is 11.5. The first kappa shape index (κ1) is 14.9. The summed E-state index contributed by atoms with van der Waals surface area (Å²) in [6.45, 7) is 3.19. The molecule has 1 aromatic rings. The van der Waals surface area contributed by atoms with Gasteiger partial charge in [-0.15, -0.1) is 0 Å². The van der Waals surface area contributed by atoms with Crippen LogP contribution >= 0.6 is 0 Å². The van der Waals surface area contributed by atoms with Gasteiger partial charge in [-0.05, 0) is 37.8 Å². The highest BCUT2D eigenvalue weighted by Gasteiger charge is 2.22. The summed E-state index contributed by atoms with van der Waals surface area (Å²) in [6, 6.07) is 7.48. The van der Waals surface area contributed by atoms with Crippen molar-refractivity contribution >= 4 is 17.5 Å². The summed E-state index contributed by atoms with van der Waals surface area (Å²) < 4.78 is 0. The molecule has 1 fully saturated rings. The Balaban J connectivity index is 1.99. The van der Waals surface area contributed by atoms with E-state index < -0.39 is 5.91 Å². The van der Waals surface area contributed by atoms with Gasteiger partial charge >= 0.3 is 0 Å². The predicted molar refractivity (Wildman–Crippen MR) is 81.8 cm³/mol. The summed E-state index contributed by atoms with van der Waals surface area (Å²) in [4.78, 5) is 25.0. The number of para-hydroxylation sites is 1. The Kier molecular flexibility index (Phi) is 4.83. The number of nitrogens with one attached hydrogen (secondary N) is 1. The predicted octanol–water partition coefficient (Wildman–Crippen LogP) is 0.894. The molecule has 3 N–H and O–H groups in total. The molecule has 1 saturated heterocycles. The standard InChI is InChI=1S/C16H19N3O2/c1-2-5-15(20)18-12-8-10-19(11-9-12)14-7-4-3-6-13(14)16(17)21/h3-4,6-7,12H,8-11H2,1H3,(H2,17,21)(H,18,20). The first-order chi connectivity index (χ1) is 10.1. The average molecular weight is 285 g/mol. The minimum absolute atomic E-state index is 0.135. The molecule has 0 saturated carbocycles. The van der Waals surface area contributed by atoms with Gasteiger partial charge in [0.25, 0.3) is 11.8 Å². The second kappa shape index (κ2) is 6.80. The van der Waals surface area contributed by atoms with Crippen LogP contribution in [0.5, 0.6) is 0 Å². The van der Waals surface area contributed by atoms with Gasteiger partial charge < -0.3 is 16.0 Å². The van der Waals surface area contributed by atoms with Crippen molar-refractivity contribution in [3.8, 4) is 11.8 Å². The highest BCUT2D eigenvalue weighted by molar-refractivity contribution is 5.98. The number of hydrogen-bond acceptors (Lipinski definition) is 3. The Labute approximate surface area is 124 Å². The van der Waals surface area contributed by atoms with Crippen molar-refractivity contribution in [3.63, 3.8) is 0 Å². The van der Waals surface area contributed by atoms with E-state index in [4.69, 9.17) is 5.73 Å². The molecule has 2 amide bonds. The van der Waals surface area contributed by atoms with Gasteiger partial charge in [0.2, 0.25) is 0 Å². The zero-order valence-corrected chi connectivity index (χ0v) is 12.1. The third-order valence-corrected chi connectivity index (χ3v) is 3.58. The molecule has 1 aliphatic heterocycles. The number of amides is 2. The largest absolute Gasteiger partial charge is 0.371 e. The monoisotopic (exact) mass is 285 g/mol. The maximum Gasteiger partial charge on any atom is 0.296 e. The maximum atomic E-state index is 11.5. The Hall–Kier alpha value is -2.48. The highest BCUT2D eigenvalue weighted by Crippen LogP contribution is 2.23. The zero-order chi connectivity index (χ0) is 15.2. The summed E-state index contributed by atoms with van der Waals surface area (Å²) in [6.07, 6.45) is 1.65. The molecule has 0 bridgehead atoms. The lowest BCUT2D eigenvalue weighted by Crippen LogP contribution is -2.44. The topological polar surface area (TPSA) is 75.4 Å². The van der Waals surface area contributed by atoms with Gasteiger partial charge in [-0.3, -0.25) is 9.59 Å². The lowest BCUT2D eigenvalue weighted by atomic mass is 10.0. The molecule has 5 heteroatoms. The normalized spacial score (nSPS) is 15.0. The molecule has 1 heterocycles. The van der Waals surface area contributed by atoms with Gasteiger partial charge in [-0.2, -0.15) is 0 Å². The Morgan fingerprint density at radius 3 is 2.57 bits per heavy atom. The molecular weight excluding hydrogens is 266 g/mol. The molecule has 5 nitrogen and oxygen atoms in total. The van der Waals surface area contributed by atoms with Crippen LogP contribution < -0.4 is 16.0 Å². The summed E-state index contributed by atoms with van der Waals surface area (Å²) in [7, 11) is 0. The lowest BCUT2D eigenvalue weighted by molar-refractivity contribution is -0.116. The van der Waals surface area contributed by atoms with Gasteiger partial charge in [0, 0.05) is 24.8 Å². The zero-order valence-electron chi connectivity index (χ0n) is 12.1. The number of primary amides is 1. The van der Waals surface area contributed by atoms with Crippen molar-refractivity contribution < 1.29 is 9.59 Å². The Bertz CT molecular complexity index is 593. The SMILES string of the molecule is CC#CC(=O)NC1CCN(c2ccccc2C(N)=O)CC1. The Morgan fingerprint density at radius 1 is 1.29 bits per heavy atom. The van der Waals surface area contributed by atoms with Crippen LogP contribution in [-0.4, -0.2) is 30.9 Å². The molecule has 0 unspecified atom stereocenters. The molecule has 0 atom stereocenters. The van der Waals surface area contributed by atoms with Gasteiger partial charge in [0.15, 0.2) is 0 Å². The minimum atomic E-state index is -0.417. The number of piperidine rings is 1. The summed E-state index contributed by atoms with van der Waals surface area (Å²) >= 11 is 0. The number of anilines is 1. The van der Waals surface area contributed by atoms with Crippen molar-refractivity contribution in [2.24, 2.45) is 5.73 Å². The van der Waals surface area contributed by atoms with Gasteiger partial charge in [0.05, 0.1) is 5.56 Å². The van der Waals surface area contributed by atoms with Crippen molar-refractivity contribution in [2.75, 3.05) is 18.0 Å². The van der Waals surface area contributed by atoms with Crippen LogP contribution in [0, 0.1) is 11.8 Å². The van der Waals surface area contributed by atoms with Gasteiger partial charge in [-0.25, -0.2) is 0 Å². The first-order valence-corrected chi connectivity index (χ1v) is 6.99. The van der Waals surface area contributed by atoms with E-state index in [1.165, 1.54) is 0 Å². The van der Waals surface area contributed by atoms with Crippen LogP contribution in [0.2, 0.25) is 0 Å².